The second kappa shape index (κ2) is 28.7. The number of rotatable bonds is 4. The molecule has 0 spiro atoms. The second-order valence-corrected chi connectivity index (χ2v) is 3.34. The van der Waals surface area contributed by atoms with Crippen LogP contribution in [0.25, 0.3) is 0 Å². The predicted octanol–water partition coefficient (Wildman–Crippen LogP) is -0.118. The average Bonchev–Trinajstić information content (AvgIpc) is 2.40. The van der Waals surface area contributed by atoms with Crippen molar-refractivity contribution in [3.8, 4) is 0 Å². The monoisotopic (exact) mass is 394 g/mol. The minimum Gasteiger partial charge on any atom is -0.368 e. The standard InChI is InChI=1S/4C3H8O2.Zr/c4*1-3(4)5-2;/h4*3-4H,1-2H3;. The Morgan fingerprint density at radius 3 is 0.524 bits per heavy atom. The Kier molecular flexibility index (Phi) is 45.4. The molecule has 4 N–H and O–H groups in total. The van der Waals surface area contributed by atoms with Crippen LogP contribution < -0.4 is 0 Å². The van der Waals surface area contributed by atoms with Crippen molar-refractivity contribution in [3.63, 3.8) is 0 Å². The van der Waals surface area contributed by atoms with Gasteiger partial charge in [-0.15, -0.1) is 0 Å². The first-order chi connectivity index (χ1) is 9.08. The molecule has 0 heterocycles. The Morgan fingerprint density at radius 2 is 0.524 bits per heavy atom. The number of aliphatic hydroxyl groups excluding tert-OH is 4. The molecule has 0 radical (unpaired) electrons. The minimum atomic E-state index is -0.616. The van der Waals surface area contributed by atoms with Crippen molar-refractivity contribution in [2.45, 2.75) is 52.9 Å². The molecule has 0 aliphatic heterocycles. The van der Waals surface area contributed by atoms with Gasteiger partial charge in [-0.1, -0.05) is 0 Å². The maximum absolute atomic E-state index is 8.14. The molecule has 4 atom stereocenters. The molecule has 0 saturated heterocycles. The largest absolute Gasteiger partial charge is 0.368 e. The van der Waals surface area contributed by atoms with Crippen molar-refractivity contribution < 1.29 is 65.6 Å². The Balaban J connectivity index is -0.0000000533. The number of ether oxygens (including phenoxy) is 4. The molecule has 0 aliphatic carbocycles. The van der Waals surface area contributed by atoms with Gasteiger partial charge in [-0.25, -0.2) is 0 Å². The van der Waals surface area contributed by atoms with Crippen LogP contribution in [0, 0.1) is 0 Å². The van der Waals surface area contributed by atoms with Gasteiger partial charge in [-0.05, 0) is 27.7 Å². The summed E-state index contributed by atoms with van der Waals surface area (Å²) < 4.78 is 17.2. The summed E-state index contributed by atoms with van der Waals surface area (Å²) in [5, 5.41) is 32.6. The Hall–Kier alpha value is 0.563. The van der Waals surface area contributed by atoms with Crippen molar-refractivity contribution in [2.75, 3.05) is 28.4 Å². The van der Waals surface area contributed by atoms with Crippen LogP contribution in [0.15, 0.2) is 0 Å². The molecular formula is C12H32O8Zr. The van der Waals surface area contributed by atoms with Gasteiger partial charge in [0, 0.05) is 54.6 Å². The van der Waals surface area contributed by atoms with E-state index in [0.29, 0.717) is 0 Å². The molecule has 8 nitrogen and oxygen atoms in total. The fraction of sp³-hybridized carbons (Fsp3) is 1.00. The zero-order valence-corrected chi connectivity index (χ0v) is 16.7. The van der Waals surface area contributed by atoms with Crippen molar-refractivity contribution in [1.29, 1.82) is 0 Å². The van der Waals surface area contributed by atoms with E-state index >= 15 is 0 Å². The quantitative estimate of drug-likeness (QED) is 0.487. The van der Waals surface area contributed by atoms with Gasteiger partial charge < -0.3 is 39.4 Å². The van der Waals surface area contributed by atoms with E-state index in [1.807, 2.05) is 0 Å². The van der Waals surface area contributed by atoms with E-state index < -0.39 is 25.2 Å². The number of hydrogen-bond acceptors (Lipinski definition) is 8. The normalized spacial score (nSPS) is 14.3. The third-order valence-electron chi connectivity index (χ3n) is 1.36. The molecule has 4 unspecified atom stereocenters. The van der Waals surface area contributed by atoms with E-state index in [4.69, 9.17) is 20.4 Å². The van der Waals surface area contributed by atoms with Gasteiger partial charge in [0.25, 0.3) is 0 Å². The van der Waals surface area contributed by atoms with Gasteiger partial charge in [-0.3, -0.25) is 0 Å². The summed E-state index contributed by atoms with van der Waals surface area (Å²) in [4.78, 5) is 0. The SMILES string of the molecule is COC(C)O.COC(C)O.COC(C)O.COC(C)O.[Zr]. The molecule has 0 rings (SSSR count). The fourth-order valence-corrected chi connectivity index (χ4v) is 0. The van der Waals surface area contributed by atoms with Gasteiger partial charge in [0.15, 0.2) is 25.2 Å². The fourth-order valence-electron chi connectivity index (χ4n) is 0. The first-order valence-electron chi connectivity index (χ1n) is 5.92. The zero-order chi connectivity index (χ0) is 17.1. The van der Waals surface area contributed by atoms with Gasteiger partial charge in [0.1, 0.15) is 0 Å². The summed E-state index contributed by atoms with van der Waals surface area (Å²) in [6.07, 6.45) is -2.46. The maximum atomic E-state index is 8.14. The van der Waals surface area contributed by atoms with Crippen LogP contribution in [0.4, 0.5) is 0 Å². The summed E-state index contributed by atoms with van der Waals surface area (Å²) in [6, 6.07) is 0. The van der Waals surface area contributed by atoms with Crippen molar-refractivity contribution in [1.82, 2.24) is 0 Å². The molecule has 132 valence electrons. The smallest absolute Gasteiger partial charge is 0.151 e. The maximum Gasteiger partial charge on any atom is 0.151 e. The van der Waals surface area contributed by atoms with E-state index in [1.165, 1.54) is 28.4 Å². The topological polar surface area (TPSA) is 118 Å². The molecule has 0 fully saturated rings. The number of methoxy groups -OCH3 is 4. The van der Waals surface area contributed by atoms with Gasteiger partial charge in [0.05, 0.1) is 0 Å². The summed E-state index contributed by atoms with van der Waals surface area (Å²) in [5.74, 6) is 0. The molecule has 9 heteroatoms. The molecule has 21 heavy (non-hydrogen) atoms. The molecule has 0 aromatic rings. The van der Waals surface area contributed by atoms with Gasteiger partial charge >= 0.3 is 0 Å². The Labute approximate surface area is 147 Å². The molecule has 0 aromatic heterocycles. The van der Waals surface area contributed by atoms with Crippen molar-refractivity contribution in [2.24, 2.45) is 0 Å². The molecule has 0 bridgehead atoms. The third-order valence-corrected chi connectivity index (χ3v) is 1.36. The molecule has 0 amide bonds. The number of aliphatic hydroxyl groups is 4. The molecule has 0 aromatic carbocycles. The average molecular weight is 396 g/mol. The van der Waals surface area contributed by atoms with E-state index in [-0.39, 0.29) is 26.2 Å². The first kappa shape index (κ1) is 33.2. The Bertz CT molecular complexity index is 113. The molecule has 0 aliphatic rings. The van der Waals surface area contributed by atoms with E-state index in [1.54, 1.807) is 27.7 Å². The summed E-state index contributed by atoms with van der Waals surface area (Å²) in [5.41, 5.74) is 0. The van der Waals surface area contributed by atoms with Crippen LogP contribution in [-0.2, 0) is 45.2 Å². The van der Waals surface area contributed by atoms with Crippen molar-refractivity contribution >= 4 is 0 Å². The second-order valence-electron chi connectivity index (χ2n) is 3.34. The minimum absolute atomic E-state index is 0. The summed E-state index contributed by atoms with van der Waals surface area (Å²) >= 11 is 0. The van der Waals surface area contributed by atoms with Crippen LogP contribution >= 0.6 is 0 Å². The summed E-state index contributed by atoms with van der Waals surface area (Å²) in [7, 11) is 5.80. The van der Waals surface area contributed by atoms with Crippen LogP contribution in [0.3, 0.4) is 0 Å². The van der Waals surface area contributed by atoms with Crippen LogP contribution in [0.5, 0.6) is 0 Å². The van der Waals surface area contributed by atoms with Crippen LogP contribution in [0.1, 0.15) is 27.7 Å². The van der Waals surface area contributed by atoms with Crippen LogP contribution in [0.2, 0.25) is 0 Å². The first-order valence-corrected chi connectivity index (χ1v) is 5.92. The van der Waals surface area contributed by atoms with Crippen LogP contribution in [-0.4, -0.2) is 74.0 Å². The van der Waals surface area contributed by atoms with Gasteiger partial charge in [0.2, 0.25) is 0 Å². The van der Waals surface area contributed by atoms with E-state index in [2.05, 4.69) is 18.9 Å². The predicted molar refractivity (Wildman–Crippen MR) is 74.8 cm³/mol. The summed E-state index contributed by atoms with van der Waals surface area (Å²) in [6.45, 7) is 6.22. The van der Waals surface area contributed by atoms with Gasteiger partial charge in [-0.2, -0.15) is 0 Å². The third kappa shape index (κ3) is 96.6. The van der Waals surface area contributed by atoms with E-state index in [0.717, 1.165) is 0 Å². The molecular weight excluding hydrogens is 363 g/mol. The Morgan fingerprint density at radius 1 is 0.476 bits per heavy atom. The molecule has 0 saturated carbocycles. The number of hydrogen-bond donors (Lipinski definition) is 4. The van der Waals surface area contributed by atoms with Crippen molar-refractivity contribution in [3.05, 3.63) is 0 Å². The van der Waals surface area contributed by atoms with E-state index in [9.17, 15) is 0 Å². The zero-order valence-electron chi connectivity index (χ0n) is 14.2.